The van der Waals surface area contributed by atoms with Crippen molar-refractivity contribution in [3.05, 3.63) is 34.9 Å². The average molecular weight is 398 g/mol. The Morgan fingerprint density at radius 1 is 1.41 bits per heavy atom. The largest absolute Gasteiger partial charge is 0.394 e. The van der Waals surface area contributed by atoms with E-state index >= 15 is 0 Å². The molecule has 0 aliphatic carbocycles. The molecule has 1 unspecified atom stereocenters. The van der Waals surface area contributed by atoms with Gasteiger partial charge in [0.15, 0.2) is 0 Å². The van der Waals surface area contributed by atoms with Crippen LogP contribution in [0.15, 0.2) is 24.3 Å². The molecule has 1 aliphatic rings. The zero-order chi connectivity index (χ0) is 20.2. The number of halogens is 1. The fraction of sp³-hybridized carbons (Fsp3) is 0.650. The number of nitrogens with one attached hydrogen (secondary N) is 2. The normalized spacial score (nSPS) is 26.8. The predicted octanol–water partition coefficient (Wildman–Crippen LogP) is 1.39. The Balaban J connectivity index is 2.18. The molecule has 6 N–H and O–H groups in total. The van der Waals surface area contributed by atoms with Gasteiger partial charge < -0.3 is 26.6 Å². The fourth-order valence-corrected chi connectivity index (χ4v) is 3.90. The van der Waals surface area contributed by atoms with Crippen LogP contribution in [0.3, 0.4) is 0 Å². The maximum atomic E-state index is 12.8. The first-order valence-electron chi connectivity index (χ1n) is 9.46. The molecule has 0 radical (unpaired) electrons. The van der Waals surface area contributed by atoms with Gasteiger partial charge in [-0.25, -0.2) is 0 Å². The predicted molar refractivity (Wildman–Crippen MR) is 108 cm³/mol. The Hall–Kier alpha value is -1.18. The van der Waals surface area contributed by atoms with E-state index in [1.807, 2.05) is 18.2 Å². The van der Waals surface area contributed by atoms with Gasteiger partial charge in [-0.15, -0.1) is 0 Å². The van der Waals surface area contributed by atoms with Gasteiger partial charge in [-0.1, -0.05) is 44.5 Å². The third-order valence-electron chi connectivity index (χ3n) is 4.97. The molecule has 1 aromatic carbocycles. The molecular formula is C20H32ClN3O3. The van der Waals surface area contributed by atoms with Gasteiger partial charge in [0.2, 0.25) is 5.91 Å². The Labute approximate surface area is 166 Å². The lowest BCUT2D eigenvalue weighted by Gasteiger charge is -2.27. The van der Waals surface area contributed by atoms with Crippen LogP contribution in [0.2, 0.25) is 5.02 Å². The average Bonchev–Trinajstić information content (AvgIpc) is 2.89. The first kappa shape index (κ1) is 22.1. The molecule has 0 saturated carbocycles. The van der Waals surface area contributed by atoms with Crippen LogP contribution in [0.25, 0.3) is 0 Å². The third kappa shape index (κ3) is 6.16. The Morgan fingerprint density at radius 2 is 2.11 bits per heavy atom. The van der Waals surface area contributed by atoms with Gasteiger partial charge >= 0.3 is 0 Å². The number of benzene rings is 1. The second-order valence-corrected chi connectivity index (χ2v) is 9.03. The third-order valence-corrected chi connectivity index (χ3v) is 5.20. The van der Waals surface area contributed by atoms with Crippen LogP contribution in [0.5, 0.6) is 0 Å². The van der Waals surface area contributed by atoms with Crippen molar-refractivity contribution in [3.8, 4) is 0 Å². The minimum Gasteiger partial charge on any atom is -0.394 e. The standard InChI is InChI=1S/C20H32ClN3O3/c1-20(2,3)10-15-17(22)16(12-5-4-6-13(21)9-12)18(24-15)19(27)23-8-7-14(26)11-25/h4-6,9,14-18,24-26H,7-8,10-11,22H2,1-3H3,(H,23,27)/t14-,15-,16+,17?,18-/m0/s1. The minimum absolute atomic E-state index is 0.00719. The topological polar surface area (TPSA) is 108 Å². The van der Waals surface area contributed by atoms with Crippen LogP contribution in [0, 0.1) is 5.41 Å². The Kier molecular flexibility index (Phi) is 7.65. The monoisotopic (exact) mass is 397 g/mol. The highest BCUT2D eigenvalue weighted by atomic mass is 35.5. The van der Waals surface area contributed by atoms with Crippen LogP contribution in [-0.2, 0) is 4.79 Å². The molecule has 1 aromatic rings. The summed E-state index contributed by atoms with van der Waals surface area (Å²) in [7, 11) is 0. The molecule has 0 aromatic heterocycles. The van der Waals surface area contributed by atoms with Crippen molar-refractivity contribution in [2.75, 3.05) is 13.2 Å². The summed E-state index contributed by atoms with van der Waals surface area (Å²) >= 11 is 6.16. The summed E-state index contributed by atoms with van der Waals surface area (Å²) in [6.07, 6.45) is 0.313. The number of aliphatic hydroxyl groups is 2. The number of carbonyl (C=O) groups is 1. The lowest BCUT2D eigenvalue weighted by atomic mass is 9.81. The molecule has 5 atom stereocenters. The SMILES string of the molecule is CC(C)(C)C[C@@H]1N[C@H](C(=O)NCC[C@H](O)CO)[C@H](c2cccc(Cl)c2)C1N. The molecule has 1 saturated heterocycles. The molecular weight excluding hydrogens is 366 g/mol. The first-order valence-corrected chi connectivity index (χ1v) is 9.84. The highest BCUT2D eigenvalue weighted by Gasteiger charge is 2.45. The number of hydrogen-bond donors (Lipinski definition) is 5. The highest BCUT2D eigenvalue weighted by Crippen LogP contribution is 2.35. The lowest BCUT2D eigenvalue weighted by molar-refractivity contribution is -0.123. The van der Waals surface area contributed by atoms with Crippen molar-refractivity contribution in [3.63, 3.8) is 0 Å². The van der Waals surface area contributed by atoms with Crippen LogP contribution >= 0.6 is 11.6 Å². The van der Waals surface area contributed by atoms with E-state index in [9.17, 15) is 9.90 Å². The van der Waals surface area contributed by atoms with Gasteiger partial charge in [0, 0.05) is 29.6 Å². The minimum atomic E-state index is -0.832. The Morgan fingerprint density at radius 3 is 2.70 bits per heavy atom. The van der Waals surface area contributed by atoms with E-state index in [4.69, 9.17) is 22.4 Å². The molecule has 1 heterocycles. The molecule has 1 amide bonds. The van der Waals surface area contributed by atoms with Crippen molar-refractivity contribution in [2.24, 2.45) is 11.1 Å². The number of aliphatic hydroxyl groups excluding tert-OH is 2. The lowest BCUT2D eigenvalue weighted by Crippen LogP contribution is -2.46. The molecule has 152 valence electrons. The van der Waals surface area contributed by atoms with Gasteiger partial charge in [-0.2, -0.15) is 0 Å². The van der Waals surface area contributed by atoms with E-state index in [-0.39, 0.29) is 35.9 Å². The van der Waals surface area contributed by atoms with Crippen molar-refractivity contribution in [2.45, 2.75) is 63.8 Å². The molecule has 2 rings (SSSR count). The molecule has 1 fully saturated rings. The number of carbonyl (C=O) groups excluding carboxylic acids is 1. The zero-order valence-corrected chi connectivity index (χ0v) is 17.0. The summed E-state index contributed by atoms with van der Waals surface area (Å²) in [5.74, 6) is -0.351. The van der Waals surface area contributed by atoms with E-state index in [2.05, 4.69) is 31.4 Å². The molecule has 7 heteroatoms. The quantitative estimate of drug-likeness (QED) is 0.478. The van der Waals surface area contributed by atoms with Crippen LogP contribution in [-0.4, -0.2) is 53.5 Å². The number of nitrogens with two attached hydrogens (primary N) is 1. The van der Waals surface area contributed by atoms with E-state index in [0.29, 0.717) is 18.0 Å². The maximum absolute atomic E-state index is 12.8. The maximum Gasteiger partial charge on any atom is 0.237 e. The molecule has 27 heavy (non-hydrogen) atoms. The molecule has 1 aliphatic heterocycles. The van der Waals surface area contributed by atoms with Crippen molar-refractivity contribution < 1.29 is 15.0 Å². The van der Waals surface area contributed by atoms with Crippen LogP contribution in [0.4, 0.5) is 0 Å². The van der Waals surface area contributed by atoms with E-state index in [1.165, 1.54) is 0 Å². The summed E-state index contributed by atoms with van der Waals surface area (Å²) in [4.78, 5) is 12.8. The van der Waals surface area contributed by atoms with Gasteiger partial charge in [0.25, 0.3) is 0 Å². The molecule has 0 spiro atoms. The zero-order valence-electron chi connectivity index (χ0n) is 16.3. The van der Waals surface area contributed by atoms with Gasteiger partial charge in [-0.05, 0) is 36.0 Å². The first-order chi connectivity index (χ1) is 12.6. The highest BCUT2D eigenvalue weighted by molar-refractivity contribution is 6.30. The number of amides is 1. The summed E-state index contributed by atoms with van der Waals surface area (Å²) in [5.41, 5.74) is 7.59. The van der Waals surface area contributed by atoms with Crippen molar-refractivity contribution in [1.29, 1.82) is 0 Å². The van der Waals surface area contributed by atoms with E-state index in [1.54, 1.807) is 6.07 Å². The molecule has 6 nitrogen and oxygen atoms in total. The summed E-state index contributed by atoms with van der Waals surface area (Å²) in [6, 6.07) is 6.80. The second kappa shape index (κ2) is 9.34. The van der Waals surface area contributed by atoms with Gasteiger partial charge in [0.05, 0.1) is 18.8 Å². The van der Waals surface area contributed by atoms with Gasteiger partial charge in [0.1, 0.15) is 0 Å². The fourth-order valence-electron chi connectivity index (χ4n) is 3.70. The summed E-state index contributed by atoms with van der Waals surface area (Å²) in [5, 5.41) is 25.2. The summed E-state index contributed by atoms with van der Waals surface area (Å²) in [6.45, 7) is 6.43. The molecule has 0 bridgehead atoms. The number of rotatable bonds is 7. The second-order valence-electron chi connectivity index (χ2n) is 8.59. The number of hydrogen-bond acceptors (Lipinski definition) is 5. The van der Waals surface area contributed by atoms with Gasteiger partial charge in [-0.3, -0.25) is 4.79 Å². The van der Waals surface area contributed by atoms with Crippen molar-refractivity contribution in [1.82, 2.24) is 10.6 Å². The smallest absolute Gasteiger partial charge is 0.237 e. The van der Waals surface area contributed by atoms with Crippen LogP contribution in [0.1, 0.15) is 45.1 Å². The van der Waals surface area contributed by atoms with E-state index in [0.717, 1.165) is 12.0 Å². The Bertz CT molecular complexity index is 635. The van der Waals surface area contributed by atoms with Crippen molar-refractivity contribution >= 4 is 17.5 Å². The summed E-state index contributed by atoms with van der Waals surface area (Å²) < 4.78 is 0. The van der Waals surface area contributed by atoms with E-state index < -0.39 is 12.1 Å². The van der Waals surface area contributed by atoms with Crippen LogP contribution < -0.4 is 16.4 Å².